The first-order valence-electron chi connectivity index (χ1n) is 7.37. The van der Waals surface area contributed by atoms with Crippen molar-refractivity contribution in [3.05, 3.63) is 24.3 Å². The SMILES string of the molecule is CCOC(=O)C(CC)(CC)P(=O)(O)OOc1ccc(OC)cc1. The van der Waals surface area contributed by atoms with Crippen molar-refractivity contribution in [2.75, 3.05) is 13.7 Å². The third kappa shape index (κ3) is 4.25. The summed E-state index contributed by atoms with van der Waals surface area (Å²) in [7, 11) is -2.91. The van der Waals surface area contributed by atoms with Crippen LogP contribution in [0.2, 0.25) is 0 Å². The van der Waals surface area contributed by atoms with Crippen molar-refractivity contribution >= 4 is 13.6 Å². The van der Waals surface area contributed by atoms with Gasteiger partial charge in [-0.3, -0.25) is 9.36 Å². The molecule has 130 valence electrons. The van der Waals surface area contributed by atoms with Crippen LogP contribution < -0.4 is 9.62 Å². The number of hydrogen-bond acceptors (Lipinski definition) is 6. The predicted molar refractivity (Wildman–Crippen MR) is 84.5 cm³/mol. The van der Waals surface area contributed by atoms with Gasteiger partial charge in [-0.2, -0.15) is 0 Å². The summed E-state index contributed by atoms with van der Waals surface area (Å²) >= 11 is 0. The average Bonchev–Trinajstić information content (AvgIpc) is 2.55. The summed E-state index contributed by atoms with van der Waals surface area (Å²) in [6.45, 7) is 4.99. The lowest BCUT2D eigenvalue weighted by Crippen LogP contribution is -2.39. The van der Waals surface area contributed by atoms with Gasteiger partial charge in [0.1, 0.15) is 5.75 Å². The lowest BCUT2D eigenvalue weighted by molar-refractivity contribution is -0.151. The maximum Gasteiger partial charge on any atom is 0.383 e. The van der Waals surface area contributed by atoms with Gasteiger partial charge in [0.2, 0.25) is 0 Å². The van der Waals surface area contributed by atoms with Gasteiger partial charge >= 0.3 is 13.6 Å². The van der Waals surface area contributed by atoms with E-state index < -0.39 is 18.7 Å². The molecule has 0 aliphatic carbocycles. The van der Waals surface area contributed by atoms with Crippen molar-refractivity contribution in [3.63, 3.8) is 0 Å². The van der Waals surface area contributed by atoms with Crippen molar-refractivity contribution in [1.82, 2.24) is 0 Å². The largest absolute Gasteiger partial charge is 0.497 e. The number of methoxy groups -OCH3 is 1. The van der Waals surface area contributed by atoms with Gasteiger partial charge in [0, 0.05) is 0 Å². The standard InChI is InChI=1S/C15H23O7P/c1-5-15(6-2,14(16)20-7-3)23(17,18)22-21-13-10-8-12(19-4)9-11-13/h8-11H,5-7H2,1-4H3,(H,17,18). The highest BCUT2D eigenvalue weighted by molar-refractivity contribution is 7.55. The third-order valence-electron chi connectivity index (χ3n) is 3.66. The zero-order valence-corrected chi connectivity index (χ0v) is 14.7. The van der Waals surface area contributed by atoms with E-state index in [1.165, 1.54) is 19.2 Å². The van der Waals surface area contributed by atoms with Gasteiger partial charge in [0.05, 0.1) is 13.7 Å². The van der Waals surface area contributed by atoms with E-state index >= 15 is 0 Å². The fourth-order valence-corrected chi connectivity index (χ4v) is 3.54. The molecule has 1 atom stereocenters. The fraction of sp³-hybridized carbons (Fsp3) is 0.533. The number of hydrogen-bond donors (Lipinski definition) is 1. The summed E-state index contributed by atoms with van der Waals surface area (Å²) in [5, 5.41) is -1.66. The Bertz CT molecular complexity index is 551. The Kier molecular flexibility index (Phi) is 7.06. The Balaban J connectivity index is 2.92. The van der Waals surface area contributed by atoms with Crippen LogP contribution in [0.15, 0.2) is 24.3 Å². The number of ether oxygens (including phenoxy) is 2. The van der Waals surface area contributed by atoms with E-state index in [0.29, 0.717) is 5.75 Å². The second-order valence-electron chi connectivity index (χ2n) is 4.81. The van der Waals surface area contributed by atoms with Gasteiger partial charge in [0.15, 0.2) is 10.9 Å². The molecule has 0 aliphatic rings. The molecule has 0 spiro atoms. The van der Waals surface area contributed by atoms with Crippen LogP contribution in [-0.2, 0) is 18.8 Å². The summed E-state index contributed by atoms with van der Waals surface area (Å²) in [6.07, 6.45) is 0.171. The second kappa shape index (κ2) is 8.34. The first-order chi connectivity index (χ1) is 10.9. The fourth-order valence-electron chi connectivity index (χ4n) is 2.12. The van der Waals surface area contributed by atoms with Gasteiger partial charge < -0.3 is 19.3 Å². The quantitative estimate of drug-likeness (QED) is 0.317. The summed E-state index contributed by atoms with van der Waals surface area (Å²) in [4.78, 5) is 27.4. The molecule has 1 N–H and O–H groups in total. The zero-order chi connectivity index (χ0) is 17.5. The molecule has 23 heavy (non-hydrogen) atoms. The molecule has 0 saturated carbocycles. The Morgan fingerprint density at radius 3 is 2.09 bits per heavy atom. The van der Waals surface area contributed by atoms with Crippen molar-refractivity contribution in [3.8, 4) is 11.5 Å². The molecule has 0 bridgehead atoms. The topological polar surface area (TPSA) is 91.3 Å². The monoisotopic (exact) mass is 346 g/mol. The molecule has 0 aromatic heterocycles. The lowest BCUT2D eigenvalue weighted by atomic mass is 10.0. The second-order valence-corrected chi connectivity index (χ2v) is 6.86. The molecule has 7 nitrogen and oxygen atoms in total. The molecule has 1 aromatic rings. The summed E-state index contributed by atoms with van der Waals surface area (Å²) in [5.41, 5.74) is 0. The van der Waals surface area contributed by atoms with Gasteiger partial charge in [-0.15, -0.1) is 0 Å². The number of carbonyl (C=O) groups excluding carboxylic acids is 1. The molecule has 0 amide bonds. The van der Waals surface area contributed by atoms with E-state index in [1.54, 1.807) is 32.9 Å². The Morgan fingerprint density at radius 2 is 1.65 bits per heavy atom. The minimum absolute atomic E-state index is 0.0854. The van der Waals surface area contributed by atoms with E-state index in [0.717, 1.165) is 0 Å². The Labute approximate surface area is 136 Å². The van der Waals surface area contributed by atoms with Crippen LogP contribution in [0.25, 0.3) is 0 Å². The normalized spacial score (nSPS) is 14.0. The number of benzene rings is 1. The van der Waals surface area contributed by atoms with Gasteiger partial charge in [-0.1, -0.05) is 18.5 Å². The number of carbonyl (C=O) groups is 1. The van der Waals surface area contributed by atoms with Crippen LogP contribution in [0.1, 0.15) is 33.6 Å². The number of esters is 1. The maximum atomic E-state index is 12.6. The summed E-state index contributed by atoms with van der Waals surface area (Å²) in [5.74, 6) is 0.0479. The molecule has 8 heteroatoms. The Hall–Kier alpha value is -1.56. The third-order valence-corrected chi connectivity index (χ3v) is 5.83. The molecule has 1 unspecified atom stereocenters. The van der Waals surface area contributed by atoms with Crippen molar-refractivity contribution in [1.29, 1.82) is 0 Å². The highest BCUT2D eigenvalue weighted by Gasteiger charge is 2.55. The van der Waals surface area contributed by atoms with Gasteiger partial charge in [0.25, 0.3) is 0 Å². The first-order valence-corrected chi connectivity index (χ1v) is 8.95. The van der Waals surface area contributed by atoms with Crippen LogP contribution in [0.3, 0.4) is 0 Å². The number of rotatable bonds is 9. The van der Waals surface area contributed by atoms with Gasteiger partial charge in [-0.25, -0.2) is 0 Å². The summed E-state index contributed by atoms with van der Waals surface area (Å²) < 4.78 is 27.3. The molecular weight excluding hydrogens is 323 g/mol. The highest BCUT2D eigenvalue weighted by atomic mass is 31.2. The molecule has 1 rings (SSSR count). The molecule has 0 radical (unpaired) electrons. The highest BCUT2D eigenvalue weighted by Crippen LogP contribution is 2.59. The summed E-state index contributed by atoms with van der Waals surface area (Å²) in [6, 6.07) is 6.25. The molecular formula is C15H23O7P. The van der Waals surface area contributed by atoms with Crippen LogP contribution in [0, 0.1) is 0 Å². The van der Waals surface area contributed by atoms with E-state index in [9.17, 15) is 14.3 Å². The van der Waals surface area contributed by atoms with Crippen LogP contribution in [0.5, 0.6) is 11.5 Å². The van der Waals surface area contributed by atoms with Crippen LogP contribution >= 0.6 is 7.60 Å². The van der Waals surface area contributed by atoms with E-state index in [1.807, 2.05) is 0 Å². The van der Waals surface area contributed by atoms with Crippen molar-refractivity contribution in [2.45, 2.75) is 38.8 Å². The van der Waals surface area contributed by atoms with E-state index in [-0.39, 0.29) is 25.2 Å². The van der Waals surface area contributed by atoms with Crippen LogP contribution in [0.4, 0.5) is 0 Å². The minimum atomic E-state index is -4.43. The molecule has 0 fully saturated rings. The average molecular weight is 346 g/mol. The van der Waals surface area contributed by atoms with Crippen molar-refractivity contribution in [2.24, 2.45) is 0 Å². The lowest BCUT2D eigenvalue weighted by Gasteiger charge is -2.31. The first kappa shape index (κ1) is 19.5. The molecule has 0 aliphatic heterocycles. The maximum absolute atomic E-state index is 12.6. The minimum Gasteiger partial charge on any atom is -0.497 e. The van der Waals surface area contributed by atoms with Crippen molar-refractivity contribution < 1.29 is 33.3 Å². The molecule has 0 heterocycles. The molecule has 0 saturated heterocycles. The smallest absolute Gasteiger partial charge is 0.383 e. The Morgan fingerprint density at radius 1 is 1.13 bits per heavy atom. The molecule has 1 aromatic carbocycles. The zero-order valence-electron chi connectivity index (χ0n) is 13.8. The van der Waals surface area contributed by atoms with E-state index in [2.05, 4.69) is 0 Å². The van der Waals surface area contributed by atoms with E-state index in [4.69, 9.17) is 19.0 Å². The van der Waals surface area contributed by atoms with Crippen LogP contribution in [-0.4, -0.2) is 29.7 Å². The van der Waals surface area contributed by atoms with Gasteiger partial charge in [-0.05, 0) is 44.0 Å². The predicted octanol–water partition coefficient (Wildman–Crippen LogP) is 3.31.